The Hall–Kier alpha value is -2.61. The third kappa shape index (κ3) is 3.96. The number of rotatable bonds is 5. The van der Waals surface area contributed by atoms with Crippen LogP contribution in [0.15, 0.2) is 31.0 Å². The molecule has 0 unspecified atom stereocenters. The van der Waals surface area contributed by atoms with Crippen LogP contribution in [0.1, 0.15) is 38.3 Å². The van der Waals surface area contributed by atoms with Gasteiger partial charge in [-0.1, -0.05) is 0 Å². The number of likely N-dealkylation sites (tertiary alicyclic amines) is 1. The van der Waals surface area contributed by atoms with Crippen LogP contribution < -0.4 is 5.32 Å². The van der Waals surface area contributed by atoms with Crippen LogP contribution in [0.25, 0.3) is 0 Å². The smallest absolute Gasteiger partial charge is 0.254 e. The third-order valence-electron chi connectivity index (χ3n) is 4.73. The van der Waals surface area contributed by atoms with Crippen LogP contribution in [0.3, 0.4) is 0 Å². The third-order valence-corrected chi connectivity index (χ3v) is 4.73. The molecule has 8 heteroatoms. The predicted octanol–water partition coefficient (Wildman–Crippen LogP) is 2.14. The van der Waals surface area contributed by atoms with Gasteiger partial charge in [0.1, 0.15) is 11.4 Å². The number of piperidine rings is 1. The fraction of sp³-hybridized carbons (Fsp3) is 0.500. The highest BCUT2D eigenvalue weighted by atomic mass is 16.5. The average Bonchev–Trinajstić information content (AvgIpc) is 2.69. The summed E-state index contributed by atoms with van der Waals surface area (Å²) in [6.07, 6.45) is 9.91. The van der Waals surface area contributed by atoms with Crippen molar-refractivity contribution in [3.63, 3.8) is 0 Å². The molecular weight excluding hydrogens is 332 g/mol. The van der Waals surface area contributed by atoms with Crippen molar-refractivity contribution < 1.29 is 9.53 Å². The van der Waals surface area contributed by atoms with Gasteiger partial charge in [-0.25, -0.2) is 9.97 Å². The molecule has 26 heavy (non-hydrogen) atoms. The summed E-state index contributed by atoms with van der Waals surface area (Å²) in [4.78, 5) is 31.6. The lowest BCUT2D eigenvalue weighted by molar-refractivity contribution is -0.152. The van der Waals surface area contributed by atoms with Gasteiger partial charge in [0, 0.05) is 50.9 Å². The maximum atomic E-state index is 12.5. The average molecular weight is 356 g/mol. The molecule has 1 aliphatic heterocycles. The highest BCUT2D eigenvalue weighted by molar-refractivity contribution is 5.84. The minimum Gasteiger partial charge on any atom is -0.369 e. The van der Waals surface area contributed by atoms with Gasteiger partial charge in [0.15, 0.2) is 5.82 Å². The minimum atomic E-state index is -0.794. The summed E-state index contributed by atoms with van der Waals surface area (Å²) >= 11 is 0. The molecule has 0 spiro atoms. The van der Waals surface area contributed by atoms with E-state index in [-0.39, 0.29) is 11.8 Å². The highest BCUT2D eigenvalue weighted by Gasteiger charge is 2.34. The summed E-state index contributed by atoms with van der Waals surface area (Å²) in [6, 6.07) is 0. The van der Waals surface area contributed by atoms with E-state index in [1.165, 1.54) is 0 Å². The first-order valence-corrected chi connectivity index (χ1v) is 8.69. The SMILES string of the molecule is COC(C)(C)C(=O)N1CCC(c2nccnc2Nc2cnccn2)CC1. The summed E-state index contributed by atoms with van der Waals surface area (Å²) < 4.78 is 5.31. The number of methoxy groups -OCH3 is 1. The fourth-order valence-corrected chi connectivity index (χ4v) is 3.05. The molecule has 2 aromatic heterocycles. The quantitative estimate of drug-likeness (QED) is 0.877. The largest absolute Gasteiger partial charge is 0.369 e. The lowest BCUT2D eigenvalue weighted by atomic mass is 9.92. The Labute approximate surface area is 153 Å². The molecule has 0 aliphatic carbocycles. The van der Waals surface area contributed by atoms with E-state index < -0.39 is 5.60 Å². The number of nitrogens with zero attached hydrogens (tertiary/aromatic N) is 5. The van der Waals surface area contributed by atoms with Crippen LogP contribution in [0.4, 0.5) is 11.6 Å². The first-order valence-electron chi connectivity index (χ1n) is 8.69. The van der Waals surface area contributed by atoms with E-state index in [9.17, 15) is 4.79 Å². The molecule has 1 fully saturated rings. The van der Waals surface area contributed by atoms with Gasteiger partial charge in [0.05, 0.1) is 11.9 Å². The molecule has 0 atom stereocenters. The van der Waals surface area contributed by atoms with Gasteiger partial charge in [0.2, 0.25) is 0 Å². The monoisotopic (exact) mass is 356 g/mol. The first kappa shape index (κ1) is 18.2. The molecule has 0 bridgehead atoms. The normalized spacial score (nSPS) is 15.7. The zero-order valence-corrected chi connectivity index (χ0v) is 15.3. The maximum absolute atomic E-state index is 12.5. The van der Waals surface area contributed by atoms with Gasteiger partial charge in [-0.2, -0.15) is 0 Å². The molecule has 1 amide bonds. The van der Waals surface area contributed by atoms with E-state index in [0.29, 0.717) is 24.7 Å². The number of ether oxygens (including phenoxy) is 1. The van der Waals surface area contributed by atoms with Crippen molar-refractivity contribution in [1.29, 1.82) is 0 Å². The molecule has 138 valence electrons. The topological polar surface area (TPSA) is 93.1 Å². The van der Waals surface area contributed by atoms with Crippen LogP contribution >= 0.6 is 0 Å². The summed E-state index contributed by atoms with van der Waals surface area (Å²) in [5.41, 5.74) is 0.106. The molecule has 2 aromatic rings. The van der Waals surface area contributed by atoms with Crippen molar-refractivity contribution in [3.05, 3.63) is 36.7 Å². The molecule has 8 nitrogen and oxygen atoms in total. The second-order valence-electron chi connectivity index (χ2n) is 6.79. The summed E-state index contributed by atoms with van der Waals surface area (Å²) in [6.45, 7) is 4.95. The number of aromatic nitrogens is 4. The van der Waals surface area contributed by atoms with E-state index in [1.54, 1.807) is 51.9 Å². The van der Waals surface area contributed by atoms with Crippen molar-refractivity contribution in [1.82, 2.24) is 24.8 Å². The van der Waals surface area contributed by atoms with Gasteiger partial charge in [-0.05, 0) is 26.7 Å². The number of nitrogens with one attached hydrogen (secondary N) is 1. The van der Waals surface area contributed by atoms with Crippen molar-refractivity contribution in [3.8, 4) is 0 Å². The Morgan fingerprint density at radius 3 is 2.50 bits per heavy atom. The fourth-order valence-electron chi connectivity index (χ4n) is 3.05. The minimum absolute atomic E-state index is 0.0236. The molecule has 0 saturated carbocycles. The zero-order valence-electron chi connectivity index (χ0n) is 15.3. The standard InChI is InChI=1S/C18H24N6O2/c1-18(2,26-3)17(25)24-10-4-13(5-11-24)15-16(22-9-8-21-15)23-14-12-19-6-7-20-14/h6-9,12-13H,4-5,10-11H2,1-3H3,(H,20,22,23). The van der Waals surface area contributed by atoms with Crippen LogP contribution in [-0.2, 0) is 9.53 Å². The van der Waals surface area contributed by atoms with Crippen molar-refractivity contribution in [2.45, 2.75) is 38.2 Å². The molecule has 1 N–H and O–H groups in total. The number of hydrogen-bond donors (Lipinski definition) is 1. The van der Waals surface area contributed by atoms with Gasteiger partial charge in [-0.3, -0.25) is 14.8 Å². The van der Waals surface area contributed by atoms with Crippen LogP contribution in [0.2, 0.25) is 0 Å². The Morgan fingerprint density at radius 2 is 1.85 bits per heavy atom. The molecule has 1 aliphatic rings. The van der Waals surface area contributed by atoms with E-state index >= 15 is 0 Å². The summed E-state index contributed by atoms with van der Waals surface area (Å²) in [5.74, 6) is 1.58. The molecule has 0 radical (unpaired) electrons. The number of carbonyl (C=O) groups is 1. The van der Waals surface area contributed by atoms with Crippen molar-refractivity contribution in [2.24, 2.45) is 0 Å². The summed E-state index contributed by atoms with van der Waals surface area (Å²) in [7, 11) is 1.56. The van der Waals surface area contributed by atoms with E-state index in [0.717, 1.165) is 18.5 Å². The van der Waals surface area contributed by atoms with Gasteiger partial charge in [-0.15, -0.1) is 0 Å². The predicted molar refractivity (Wildman–Crippen MR) is 97.0 cm³/mol. The Balaban J connectivity index is 1.69. The number of carbonyl (C=O) groups excluding carboxylic acids is 1. The van der Waals surface area contributed by atoms with E-state index in [4.69, 9.17) is 4.74 Å². The maximum Gasteiger partial charge on any atom is 0.254 e. The Kier molecular flexibility index (Phi) is 5.41. The zero-order chi connectivity index (χ0) is 18.6. The second kappa shape index (κ2) is 7.74. The first-order chi connectivity index (χ1) is 12.5. The highest BCUT2D eigenvalue weighted by Crippen LogP contribution is 2.32. The number of anilines is 2. The Bertz CT molecular complexity index is 744. The molecular formula is C18H24N6O2. The number of amides is 1. The molecule has 0 aromatic carbocycles. The van der Waals surface area contributed by atoms with Crippen LogP contribution in [0, 0.1) is 0 Å². The Morgan fingerprint density at radius 1 is 1.15 bits per heavy atom. The number of hydrogen-bond acceptors (Lipinski definition) is 7. The molecule has 1 saturated heterocycles. The second-order valence-corrected chi connectivity index (χ2v) is 6.79. The van der Waals surface area contributed by atoms with Crippen LogP contribution in [-0.4, -0.2) is 56.5 Å². The molecule has 3 heterocycles. The summed E-state index contributed by atoms with van der Waals surface area (Å²) in [5, 5.41) is 3.19. The molecule has 3 rings (SSSR count). The lowest BCUT2D eigenvalue weighted by Crippen LogP contribution is -2.49. The van der Waals surface area contributed by atoms with E-state index in [2.05, 4.69) is 25.3 Å². The van der Waals surface area contributed by atoms with Gasteiger partial charge >= 0.3 is 0 Å². The lowest BCUT2D eigenvalue weighted by Gasteiger charge is -2.36. The van der Waals surface area contributed by atoms with Crippen molar-refractivity contribution >= 4 is 17.5 Å². The van der Waals surface area contributed by atoms with Crippen LogP contribution in [0.5, 0.6) is 0 Å². The van der Waals surface area contributed by atoms with Gasteiger partial charge in [0.25, 0.3) is 5.91 Å². The van der Waals surface area contributed by atoms with Gasteiger partial charge < -0.3 is 15.0 Å². The van der Waals surface area contributed by atoms with E-state index in [1.807, 2.05) is 4.90 Å². The van der Waals surface area contributed by atoms with Crippen molar-refractivity contribution in [2.75, 3.05) is 25.5 Å².